The molecule has 0 fully saturated rings. The number of pyridine rings is 1. The first-order valence-corrected chi connectivity index (χ1v) is 4.52. The van der Waals surface area contributed by atoms with Gasteiger partial charge >= 0.3 is 0 Å². The van der Waals surface area contributed by atoms with Crippen LogP contribution >= 0.6 is 0 Å². The van der Waals surface area contributed by atoms with Crippen LogP contribution in [-0.2, 0) is 12.8 Å². The van der Waals surface area contributed by atoms with Crippen molar-refractivity contribution in [2.24, 2.45) is 5.73 Å². The largest absolute Gasteiger partial charge is 0.324 e. The van der Waals surface area contributed by atoms with Gasteiger partial charge in [-0.2, -0.15) is 0 Å². The van der Waals surface area contributed by atoms with Crippen molar-refractivity contribution in [2.45, 2.75) is 19.3 Å². The lowest BCUT2D eigenvalue weighted by Gasteiger charge is -2.04. The van der Waals surface area contributed by atoms with E-state index in [2.05, 4.69) is 4.98 Å². The Hall–Kier alpha value is -1.22. The summed E-state index contributed by atoms with van der Waals surface area (Å²) in [4.78, 5) is 15.5. The number of carbonyl (C=O) groups excluding carboxylic acids is 1. The highest BCUT2D eigenvalue weighted by molar-refractivity contribution is 5.98. The summed E-state index contributed by atoms with van der Waals surface area (Å²) in [6, 6.07) is 0. The quantitative estimate of drug-likeness (QED) is 0.675. The van der Waals surface area contributed by atoms with Gasteiger partial charge in [-0.25, -0.2) is 0 Å². The Labute approximate surface area is 77.0 Å². The average molecular weight is 176 g/mol. The SMILES string of the molecule is NCC(=O)c1cncc2c1CCC2. The standard InChI is InChI=1S/C10H12N2O/c11-4-10(13)9-6-12-5-7-2-1-3-8(7)9/h5-6H,1-4,11H2. The van der Waals surface area contributed by atoms with Gasteiger partial charge in [0.15, 0.2) is 5.78 Å². The van der Waals surface area contributed by atoms with Crippen molar-refractivity contribution in [1.82, 2.24) is 4.98 Å². The molecule has 0 aromatic carbocycles. The lowest BCUT2D eigenvalue weighted by atomic mass is 10.0. The minimum Gasteiger partial charge on any atom is -0.324 e. The summed E-state index contributed by atoms with van der Waals surface area (Å²) in [5.41, 5.74) is 8.45. The second kappa shape index (κ2) is 3.26. The van der Waals surface area contributed by atoms with E-state index in [1.807, 2.05) is 6.20 Å². The molecule has 1 aromatic rings. The van der Waals surface area contributed by atoms with Gasteiger partial charge in [-0.05, 0) is 30.4 Å². The molecule has 0 saturated heterocycles. The van der Waals surface area contributed by atoms with E-state index >= 15 is 0 Å². The second-order valence-electron chi connectivity index (χ2n) is 3.31. The molecule has 0 atom stereocenters. The second-order valence-corrected chi connectivity index (χ2v) is 3.31. The van der Waals surface area contributed by atoms with Crippen LogP contribution in [0.1, 0.15) is 27.9 Å². The molecule has 2 rings (SSSR count). The van der Waals surface area contributed by atoms with Crippen LogP contribution < -0.4 is 5.73 Å². The van der Waals surface area contributed by atoms with Crippen molar-refractivity contribution in [1.29, 1.82) is 0 Å². The molecule has 1 aliphatic rings. The van der Waals surface area contributed by atoms with E-state index in [-0.39, 0.29) is 12.3 Å². The molecule has 0 aliphatic heterocycles. The van der Waals surface area contributed by atoms with Crippen LogP contribution in [0, 0.1) is 0 Å². The molecule has 0 spiro atoms. The summed E-state index contributed by atoms with van der Waals surface area (Å²) in [6.45, 7) is 0.0815. The summed E-state index contributed by atoms with van der Waals surface area (Å²) in [7, 11) is 0. The Morgan fingerprint density at radius 2 is 2.31 bits per heavy atom. The molecule has 3 nitrogen and oxygen atoms in total. The summed E-state index contributed by atoms with van der Waals surface area (Å²) in [5.74, 6) is 0.00579. The van der Waals surface area contributed by atoms with E-state index in [4.69, 9.17) is 5.73 Å². The van der Waals surface area contributed by atoms with Crippen molar-refractivity contribution in [3.8, 4) is 0 Å². The first-order valence-electron chi connectivity index (χ1n) is 4.52. The van der Waals surface area contributed by atoms with Crippen molar-refractivity contribution in [2.75, 3.05) is 6.54 Å². The van der Waals surface area contributed by atoms with Crippen molar-refractivity contribution in [3.05, 3.63) is 29.1 Å². The Bertz CT molecular complexity index is 347. The molecule has 2 N–H and O–H groups in total. The molecular weight excluding hydrogens is 164 g/mol. The fourth-order valence-electron chi connectivity index (χ4n) is 1.85. The van der Waals surface area contributed by atoms with Crippen molar-refractivity contribution in [3.63, 3.8) is 0 Å². The highest BCUT2D eigenvalue weighted by atomic mass is 16.1. The molecule has 1 heterocycles. The predicted octanol–water partition coefficient (Wildman–Crippen LogP) is 0.712. The van der Waals surface area contributed by atoms with Gasteiger partial charge in [0.05, 0.1) is 6.54 Å². The van der Waals surface area contributed by atoms with E-state index in [1.54, 1.807) is 6.20 Å². The van der Waals surface area contributed by atoms with Gasteiger partial charge in [0, 0.05) is 18.0 Å². The molecule has 3 heteroatoms. The van der Waals surface area contributed by atoms with E-state index in [1.165, 1.54) is 11.1 Å². The number of Topliss-reactive ketones (excluding diaryl/α,β-unsaturated/α-hetero) is 1. The van der Waals surface area contributed by atoms with Crippen LogP contribution in [0.3, 0.4) is 0 Å². The number of aryl methyl sites for hydroxylation is 1. The lowest BCUT2D eigenvalue weighted by molar-refractivity contribution is 0.1000. The maximum absolute atomic E-state index is 11.4. The Kier molecular flexibility index (Phi) is 2.10. The van der Waals surface area contributed by atoms with Crippen LogP contribution in [0.2, 0.25) is 0 Å². The Balaban J connectivity index is 2.47. The summed E-state index contributed by atoms with van der Waals surface area (Å²) in [5, 5.41) is 0. The first kappa shape index (κ1) is 8.38. The fraction of sp³-hybridized carbons (Fsp3) is 0.400. The number of rotatable bonds is 2. The third-order valence-electron chi connectivity index (χ3n) is 2.51. The molecule has 0 unspecified atom stereocenters. The van der Waals surface area contributed by atoms with Crippen molar-refractivity contribution >= 4 is 5.78 Å². The third-order valence-corrected chi connectivity index (χ3v) is 2.51. The highest BCUT2D eigenvalue weighted by Gasteiger charge is 2.18. The lowest BCUT2D eigenvalue weighted by Crippen LogP contribution is -2.15. The normalized spacial score (nSPS) is 14.2. The summed E-state index contributed by atoms with van der Waals surface area (Å²) < 4.78 is 0. The molecule has 0 radical (unpaired) electrons. The summed E-state index contributed by atoms with van der Waals surface area (Å²) in [6.07, 6.45) is 6.67. The van der Waals surface area contributed by atoms with Crippen LogP contribution in [0.15, 0.2) is 12.4 Å². The van der Waals surface area contributed by atoms with Gasteiger partial charge in [-0.15, -0.1) is 0 Å². The molecule has 0 bridgehead atoms. The zero-order valence-electron chi connectivity index (χ0n) is 7.42. The van der Waals surface area contributed by atoms with E-state index < -0.39 is 0 Å². The molecule has 1 aromatic heterocycles. The summed E-state index contributed by atoms with van der Waals surface area (Å²) >= 11 is 0. The minimum atomic E-state index is 0.00579. The van der Waals surface area contributed by atoms with Crippen LogP contribution in [-0.4, -0.2) is 17.3 Å². The number of ketones is 1. The maximum Gasteiger partial charge on any atom is 0.178 e. The van der Waals surface area contributed by atoms with E-state index in [0.29, 0.717) is 0 Å². The van der Waals surface area contributed by atoms with Gasteiger partial charge < -0.3 is 5.73 Å². The number of hydrogen-bond donors (Lipinski definition) is 1. The van der Waals surface area contributed by atoms with Crippen molar-refractivity contribution < 1.29 is 4.79 Å². The fourth-order valence-corrected chi connectivity index (χ4v) is 1.85. The smallest absolute Gasteiger partial charge is 0.178 e. The molecule has 0 amide bonds. The highest BCUT2D eigenvalue weighted by Crippen LogP contribution is 2.24. The van der Waals surface area contributed by atoms with Gasteiger partial charge in [0.2, 0.25) is 0 Å². The van der Waals surface area contributed by atoms with Crippen LogP contribution in [0.4, 0.5) is 0 Å². The topological polar surface area (TPSA) is 56.0 Å². The van der Waals surface area contributed by atoms with E-state index in [9.17, 15) is 4.79 Å². The number of nitrogens with two attached hydrogens (primary N) is 1. The molecule has 13 heavy (non-hydrogen) atoms. The number of carbonyl (C=O) groups is 1. The van der Waals surface area contributed by atoms with Crippen LogP contribution in [0.5, 0.6) is 0 Å². The Morgan fingerprint density at radius 3 is 3.08 bits per heavy atom. The molecule has 68 valence electrons. The van der Waals surface area contributed by atoms with Gasteiger partial charge in [-0.3, -0.25) is 9.78 Å². The number of aromatic nitrogens is 1. The van der Waals surface area contributed by atoms with Gasteiger partial charge in [-0.1, -0.05) is 0 Å². The zero-order valence-corrected chi connectivity index (χ0v) is 7.42. The van der Waals surface area contributed by atoms with Gasteiger partial charge in [0.1, 0.15) is 0 Å². The monoisotopic (exact) mass is 176 g/mol. The average Bonchev–Trinajstić information content (AvgIpc) is 2.63. The third kappa shape index (κ3) is 1.35. The zero-order chi connectivity index (χ0) is 9.26. The first-order chi connectivity index (χ1) is 6.33. The maximum atomic E-state index is 11.4. The predicted molar refractivity (Wildman–Crippen MR) is 49.6 cm³/mol. The number of nitrogens with zero attached hydrogens (tertiary/aromatic N) is 1. The van der Waals surface area contributed by atoms with E-state index in [0.717, 1.165) is 24.8 Å². The van der Waals surface area contributed by atoms with Crippen LogP contribution in [0.25, 0.3) is 0 Å². The molecular formula is C10H12N2O. The minimum absolute atomic E-state index is 0.00579. The molecule has 1 aliphatic carbocycles. The number of fused-ring (bicyclic) bond motifs is 1. The molecule has 0 saturated carbocycles. The van der Waals surface area contributed by atoms with Gasteiger partial charge in [0.25, 0.3) is 0 Å². The Morgan fingerprint density at radius 1 is 1.46 bits per heavy atom. The number of hydrogen-bond acceptors (Lipinski definition) is 3.